The second-order valence-corrected chi connectivity index (χ2v) is 4.80. The van der Waals surface area contributed by atoms with Crippen LogP contribution in [0.25, 0.3) is 0 Å². The van der Waals surface area contributed by atoms with Gasteiger partial charge in [0.15, 0.2) is 0 Å². The van der Waals surface area contributed by atoms with Crippen LogP contribution < -0.4 is 5.32 Å². The predicted molar refractivity (Wildman–Crippen MR) is 76.5 cm³/mol. The van der Waals surface area contributed by atoms with Gasteiger partial charge in [0.1, 0.15) is 23.4 Å². The molecule has 0 spiro atoms. The summed E-state index contributed by atoms with van der Waals surface area (Å²) in [4.78, 5) is 8.65. The van der Waals surface area contributed by atoms with E-state index in [0.717, 1.165) is 23.8 Å². The molecule has 0 aliphatic carbocycles. The maximum absolute atomic E-state index is 5.62. The maximum Gasteiger partial charge on any atom is 0.208 e. The quantitative estimate of drug-likeness (QED) is 0.753. The second-order valence-electron chi connectivity index (χ2n) is 4.80. The summed E-state index contributed by atoms with van der Waals surface area (Å²) in [5.74, 6) is 3.25. The Balaban J connectivity index is 1.78. The van der Waals surface area contributed by atoms with E-state index in [9.17, 15) is 0 Å². The van der Waals surface area contributed by atoms with Gasteiger partial charge in [0.25, 0.3) is 0 Å². The molecule has 3 aromatic heterocycles. The Morgan fingerprint density at radius 2 is 2.29 bits per heavy atom. The van der Waals surface area contributed by atoms with E-state index in [2.05, 4.69) is 15.3 Å². The van der Waals surface area contributed by atoms with Gasteiger partial charge in [-0.05, 0) is 12.1 Å². The molecule has 0 aliphatic rings. The third-order valence-corrected chi connectivity index (χ3v) is 3.35. The lowest BCUT2D eigenvalue weighted by Gasteiger charge is -2.15. The Kier molecular flexibility index (Phi) is 3.87. The van der Waals surface area contributed by atoms with Gasteiger partial charge < -0.3 is 13.4 Å². The molecule has 0 bridgehead atoms. The predicted octanol–water partition coefficient (Wildman–Crippen LogP) is 2.44. The fourth-order valence-corrected chi connectivity index (χ4v) is 2.21. The first kappa shape index (κ1) is 13.6. The van der Waals surface area contributed by atoms with Crippen LogP contribution in [-0.2, 0) is 20.0 Å². The average molecular weight is 286 g/mol. The van der Waals surface area contributed by atoms with Crippen LogP contribution in [0, 0.1) is 0 Å². The van der Waals surface area contributed by atoms with Crippen molar-refractivity contribution < 1.29 is 8.83 Å². The van der Waals surface area contributed by atoms with Gasteiger partial charge in [0, 0.05) is 25.9 Å². The number of hydrogen-bond acceptors (Lipinski definition) is 5. The van der Waals surface area contributed by atoms with Crippen molar-refractivity contribution in [1.82, 2.24) is 19.9 Å². The molecule has 0 radical (unpaired) electrons. The number of nitrogens with zero attached hydrogens (tertiary/aromatic N) is 3. The summed E-state index contributed by atoms with van der Waals surface area (Å²) in [7, 11) is 1.96. The molecule has 1 atom stereocenters. The van der Waals surface area contributed by atoms with Crippen LogP contribution in [0.4, 0.5) is 0 Å². The van der Waals surface area contributed by atoms with E-state index < -0.39 is 0 Å². The summed E-state index contributed by atoms with van der Waals surface area (Å²) in [5.41, 5.74) is 0. The Bertz CT molecular complexity index is 684. The molecule has 0 fully saturated rings. The largest absolute Gasteiger partial charge is 0.467 e. The average Bonchev–Trinajstić information content (AvgIpc) is 3.22. The van der Waals surface area contributed by atoms with Crippen molar-refractivity contribution in [2.45, 2.75) is 25.9 Å². The standard InChI is InChI=1S/C15H18N4O2/c1-3-11-9-17-13(21-11)10-18-14(12-5-4-8-20-12)15-16-6-7-19(15)2/h4-9,14,18H,3,10H2,1-2H3. The van der Waals surface area contributed by atoms with Crippen molar-refractivity contribution in [3.05, 3.63) is 60.2 Å². The highest BCUT2D eigenvalue weighted by molar-refractivity contribution is 5.15. The number of rotatable bonds is 6. The Labute approximate surface area is 122 Å². The van der Waals surface area contributed by atoms with Gasteiger partial charge in [-0.3, -0.25) is 5.32 Å². The molecule has 6 heteroatoms. The molecule has 0 aliphatic heterocycles. The van der Waals surface area contributed by atoms with Gasteiger partial charge in [0.05, 0.1) is 19.0 Å². The molecule has 3 rings (SSSR count). The summed E-state index contributed by atoms with van der Waals surface area (Å²) in [6, 6.07) is 3.66. The number of hydrogen-bond donors (Lipinski definition) is 1. The number of furan rings is 1. The maximum atomic E-state index is 5.62. The van der Waals surface area contributed by atoms with Crippen LogP contribution >= 0.6 is 0 Å². The van der Waals surface area contributed by atoms with Crippen molar-refractivity contribution >= 4 is 0 Å². The number of aryl methyl sites for hydroxylation is 2. The summed E-state index contributed by atoms with van der Waals surface area (Å²) < 4.78 is 13.1. The molecule has 1 N–H and O–H groups in total. The Morgan fingerprint density at radius 1 is 1.38 bits per heavy atom. The SMILES string of the molecule is CCc1cnc(CNC(c2ccco2)c2nccn2C)o1. The molecule has 0 aromatic carbocycles. The van der Waals surface area contributed by atoms with Gasteiger partial charge >= 0.3 is 0 Å². The van der Waals surface area contributed by atoms with Crippen molar-refractivity contribution in [1.29, 1.82) is 0 Å². The van der Waals surface area contributed by atoms with Gasteiger partial charge in [-0.1, -0.05) is 6.92 Å². The van der Waals surface area contributed by atoms with Gasteiger partial charge in [-0.25, -0.2) is 9.97 Å². The van der Waals surface area contributed by atoms with Gasteiger partial charge in [-0.2, -0.15) is 0 Å². The third-order valence-electron chi connectivity index (χ3n) is 3.35. The molecular weight excluding hydrogens is 268 g/mol. The van der Waals surface area contributed by atoms with Crippen LogP contribution in [0.5, 0.6) is 0 Å². The Morgan fingerprint density at radius 3 is 2.90 bits per heavy atom. The molecule has 3 aromatic rings. The van der Waals surface area contributed by atoms with Crippen LogP contribution in [0.15, 0.2) is 45.8 Å². The van der Waals surface area contributed by atoms with E-state index in [-0.39, 0.29) is 6.04 Å². The van der Waals surface area contributed by atoms with Crippen molar-refractivity contribution in [2.24, 2.45) is 7.05 Å². The minimum Gasteiger partial charge on any atom is -0.467 e. The molecule has 6 nitrogen and oxygen atoms in total. The molecule has 110 valence electrons. The zero-order valence-corrected chi connectivity index (χ0v) is 12.1. The first-order valence-corrected chi connectivity index (χ1v) is 6.95. The van der Waals surface area contributed by atoms with Crippen LogP contribution in [-0.4, -0.2) is 14.5 Å². The molecular formula is C15H18N4O2. The van der Waals surface area contributed by atoms with E-state index in [1.54, 1.807) is 18.7 Å². The minimum atomic E-state index is -0.142. The summed E-state index contributed by atoms with van der Waals surface area (Å²) >= 11 is 0. The lowest BCUT2D eigenvalue weighted by Crippen LogP contribution is -2.24. The van der Waals surface area contributed by atoms with Crippen molar-refractivity contribution in [3.8, 4) is 0 Å². The number of aromatic nitrogens is 3. The van der Waals surface area contributed by atoms with Gasteiger partial charge in [-0.15, -0.1) is 0 Å². The lowest BCUT2D eigenvalue weighted by atomic mass is 10.2. The second kappa shape index (κ2) is 5.97. The van der Waals surface area contributed by atoms with E-state index in [1.165, 1.54) is 0 Å². The molecule has 1 unspecified atom stereocenters. The Hall–Kier alpha value is -2.34. The van der Waals surface area contributed by atoms with E-state index in [1.807, 2.05) is 36.9 Å². The highest BCUT2D eigenvalue weighted by Crippen LogP contribution is 2.21. The van der Waals surface area contributed by atoms with Crippen LogP contribution in [0.3, 0.4) is 0 Å². The van der Waals surface area contributed by atoms with Crippen molar-refractivity contribution in [3.63, 3.8) is 0 Å². The molecule has 0 amide bonds. The topological polar surface area (TPSA) is 69.0 Å². The summed E-state index contributed by atoms with van der Waals surface area (Å²) in [6.07, 6.45) is 7.95. The first-order valence-electron chi connectivity index (χ1n) is 6.95. The summed E-state index contributed by atoms with van der Waals surface area (Å²) in [5, 5.41) is 3.39. The molecule has 0 saturated carbocycles. The monoisotopic (exact) mass is 286 g/mol. The van der Waals surface area contributed by atoms with E-state index >= 15 is 0 Å². The highest BCUT2D eigenvalue weighted by atomic mass is 16.4. The lowest BCUT2D eigenvalue weighted by molar-refractivity contribution is 0.392. The number of imidazole rings is 1. The van der Waals surface area contributed by atoms with Crippen LogP contribution in [0.2, 0.25) is 0 Å². The number of oxazole rings is 1. The number of nitrogens with one attached hydrogen (secondary N) is 1. The molecule has 21 heavy (non-hydrogen) atoms. The zero-order valence-electron chi connectivity index (χ0n) is 12.1. The fourth-order valence-electron chi connectivity index (χ4n) is 2.21. The minimum absolute atomic E-state index is 0.142. The molecule has 0 saturated heterocycles. The molecule has 3 heterocycles. The van der Waals surface area contributed by atoms with Crippen molar-refractivity contribution in [2.75, 3.05) is 0 Å². The van der Waals surface area contributed by atoms with E-state index in [0.29, 0.717) is 12.4 Å². The van der Waals surface area contributed by atoms with Gasteiger partial charge in [0.2, 0.25) is 5.89 Å². The third kappa shape index (κ3) is 2.90. The highest BCUT2D eigenvalue weighted by Gasteiger charge is 2.21. The first-order chi connectivity index (χ1) is 10.3. The fraction of sp³-hybridized carbons (Fsp3) is 0.333. The zero-order chi connectivity index (χ0) is 14.7. The normalized spacial score (nSPS) is 12.7. The van der Waals surface area contributed by atoms with E-state index in [4.69, 9.17) is 8.83 Å². The summed E-state index contributed by atoms with van der Waals surface area (Å²) in [6.45, 7) is 2.55. The smallest absolute Gasteiger partial charge is 0.208 e. The van der Waals surface area contributed by atoms with Crippen LogP contribution in [0.1, 0.15) is 36.2 Å².